The molecule has 2 saturated heterocycles. The van der Waals surface area contributed by atoms with Crippen LogP contribution >= 0.6 is 0 Å². The van der Waals surface area contributed by atoms with Crippen LogP contribution < -0.4 is 5.32 Å². The van der Waals surface area contributed by atoms with Crippen molar-refractivity contribution in [2.75, 3.05) is 32.7 Å². The average Bonchev–Trinajstić information content (AvgIpc) is 2.59. The molecule has 0 spiro atoms. The summed E-state index contributed by atoms with van der Waals surface area (Å²) in [5.74, 6) is -0.0368. The Morgan fingerprint density at radius 1 is 1.12 bits per heavy atom. The monoisotopic (exact) mass is 239 g/mol. The molecule has 2 aliphatic heterocycles. The second kappa shape index (κ2) is 4.74. The van der Waals surface area contributed by atoms with Crippen LogP contribution in [0.4, 0.5) is 0 Å². The Kier molecular flexibility index (Phi) is 3.49. The SMILES string of the molecule is CC(C)(CN1CCNCC1)N1C(=O)CCC1=O. The maximum Gasteiger partial charge on any atom is 0.230 e. The molecule has 2 fully saturated rings. The topological polar surface area (TPSA) is 52.6 Å². The fourth-order valence-electron chi connectivity index (χ4n) is 2.74. The van der Waals surface area contributed by atoms with E-state index in [2.05, 4.69) is 10.2 Å². The molecule has 2 heterocycles. The molecule has 0 aromatic carbocycles. The lowest BCUT2D eigenvalue weighted by atomic mass is 10.0. The fourth-order valence-corrected chi connectivity index (χ4v) is 2.74. The Hall–Kier alpha value is -0.940. The van der Waals surface area contributed by atoms with Gasteiger partial charge in [0.1, 0.15) is 0 Å². The highest BCUT2D eigenvalue weighted by Gasteiger charge is 2.40. The first-order chi connectivity index (χ1) is 8.00. The number of carbonyl (C=O) groups is 2. The van der Waals surface area contributed by atoms with E-state index >= 15 is 0 Å². The molecule has 0 aliphatic carbocycles. The van der Waals surface area contributed by atoms with Crippen molar-refractivity contribution >= 4 is 11.8 Å². The molecular weight excluding hydrogens is 218 g/mol. The van der Waals surface area contributed by atoms with Crippen LogP contribution in [0.25, 0.3) is 0 Å². The van der Waals surface area contributed by atoms with Crippen LogP contribution in [0.15, 0.2) is 0 Å². The lowest BCUT2D eigenvalue weighted by molar-refractivity contribution is -0.145. The number of hydrogen-bond acceptors (Lipinski definition) is 4. The maximum absolute atomic E-state index is 11.7. The number of carbonyl (C=O) groups excluding carboxylic acids is 2. The van der Waals surface area contributed by atoms with Crippen LogP contribution in [0.2, 0.25) is 0 Å². The Bertz CT molecular complexity index is 306. The van der Waals surface area contributed by atoms with E-state index in [1.54, 1.807) is 0 Å². The van der Waals surface area contributed by atoms with Gasteiger partial charge >= 0.3 is 0 Å². The molecule has 2 amide bonds. The maximum atomic E-state index is 11.7. The third kappa shape index (κ3) is 2.66. The molecule has 1 N–H and O–H groups in total. The van der Waals surface area contributed by atoms with Gasteiger partial charge in [-0.05, 0) is 13.8 Å². The zero-order chi connectivity index (χ0) is 12.5. The summed E-state index contributed by atoms with van der Waals surface area (Å²) in [6.45, 7) is 8.67. The van der Waals surface area contributed by atoms with Crippen molar-refractivity contribution in [3.05, 3.63) is 0 Å². The molecule has 96 valence electrons. The van der Waals surface area contributed by atoms with E-state index in [9.17, 15) is 9.59 Å². The number of piperazine rings is 1. The Labute approximate surface area is 102 Å². The van der Waals surface area contributed by atoms with Gasteiger partial charge in [-0.15, -0.1) is 0 Å². The van der Waals surface area contributed by atoms with Gasteiger partial charge in [-0.25, -0.2) is 0 Å². The Morgan fingerprint density at radius 3 is 2.18 bits per heavy atom. The quantitative estimate of drug-likeness (QED) is 0.694. The van der Waals surface area contributed by atoms with Crippen LogP contribution in [0.1, 0.15) is 26.7 Å². The van der Waals surface area contributed by atoms with Gasteiger partial charge in [-0.2, -0.15) is 0 Å². The predicted octanol–water partition coefficient (Wildman–Crippen LogP) is -0.181. The third-order valence-electron chi connectivity index (χ3n) is 3.48. The molecule has 5 nitrogen and oxygen atoms in total. The van der Waals surface area contributed by atoms with Gasteiger partial charge in [-0.1, -0.05) is 0 Å². The highest BCUT2D eigenvalue weighted by atomic mass is 16.2. The number of hydrogen-bond donors (Lipinski definition) is 1. The van der Waals surface area contributed by atoms with Gasteiger partial charge in [-0.3, -0.25) is 19.4 Å². The van der Waals surface area contributed by atoms with Crippen LogP contribution in [0.3, 0.4) is 0 Å². The Morgan fingerprint density at radius 2 is 1.65 bits per heavy atom. The van der Waals surface area contributed by atoms with Gasteiger partial charge in [0.15, 0.2) is 0 Å². The van der Waals surface area contributed by atoms with E-state index in [0.29, 0.717) is 12.8 Å². The van der Waals surface area contributed by atoms with Crippen molar-refractivity contribution in [2.45, 2.75) is 32.2 Å². The smallest absolute Gasteiger partial charge is 0.230 e. The Balaban J connectivity index is 2.01. The highest BCUT2D eigenvalue weighted by molar-refractivity contribution is 6.02. The van der Waals surface area contributed by atoms with E-state index in [0.717, 1.165) is 32.7 Å². The number of nitrogens with zero attached hydrogens (tertiary/aromatic N) is 2. The standard InChI is InChI=1S/C12H21N3O2/c1-12(2,9-14-7-5-13-6-8-14)15-10(16)3-4-11(15)17/h13H,3-9H2,1-2H3. The van der Waals surface area contributed by atoms with E-state index in [1.807, 2.05) is 13.8 Å². The summed E-state index contributed by atoms with van der Waals surface area (Å²) in [7, 11) is 0. The summed E-state index contributed by atoms with van der Waals surface area (Å²) in [5, 5.41) is 3.30. The van der Waals surface area contributed by atoms with Gasteiger partial charge in [0.05, 0.1) is 5.54 Å². The molecule has 0 aromatic heterocycles. The molecule has 5 heteroatoms. The first kappa shape index (κ1) is 12.5. The minimum Gasteiger partial charge on any atom is -0.314 e. The van der Waals surface area contributed by atoms with Crippen LogP contribution in [0.5, 0.6) is 0 Å². The van der Waals surface area contributed by atoms with Gasteiger partial charge < -0.3 is 5.32 Å². The lowest BCUT2D eigenvalue weighted by Gasteiger charge is -2.39. The van der Waals surface area contributed by atoms with Crippen LogP contribution in [-0.2, 0) is 9.59 Å². The van der Waals surface area contributed by atoms with Crippen molar-refractivity contribution in [2.24, 2.45) is 0 Å². The van der Waals surface area contributed by atoms with E-state index in [1.165, 1.54) is 4.90 Å². The molecule has 0 bridgehead atoms. The highest BCUT2D eigenvalue weighted by Crippen LogP contribution is 2.24. The van der Waals surface area contributed by atoms with Crippen molar-refractivity contribution in [1.29, 1.82) is 0 Å². The second-order valence-electron chi connectivity index (χ2n) is 5.46. The number of amides is 2. The zero-order valence-corrected chi connectivity index (χ0v) is 10.7. The molecule has 17 heavy (non-hydrogen) atoms. The first-order valence-corrected chi connectivity index (χ1v) is 6.30. The molecular formula is C12H21N3O2. The lowest BCUT2D eigenvalue weighted by Crippen LogP contribution is -2.56. The second-order valence-corrected chi connectivity index (χ2v) is 5.46. The summed E-state index contributed by atoms with van der Waals surface area (Å²) in [6.07, 6.45) is 0.758. The summed E-state index contributed by atoms with van der Waals surface area (Å²) >= 11 is 0. The summed E-state index contributed by atoms with van der Waals surface area (Å²) < 4.78 is 0. The van der Waals surface area contributed by atoms with E-state index in [4.69, 9.17) is 0 Å². The van der Waals surface area contributed by atoms with E-state index < -0.39 is 0 Å². The number of likely N-dealkylation sites (tertiary alicyclic amines) is 1. The van der Waals surface area contributed by atoms with Gasteiger partial charge in [0, 0.05) is 45.6 Å². The van der Waals surface area contributed by atoms with Crippen molar-refractivity contribution in [3.63, 3.8) is 0 Å². The minimum atomic E-state index is -0.387. The largest absolute Gasteiger partial charge is 0.314 e. The van der Waals surface area contributed by atoms with Gasteiger partial charge in [0.2, 0.25) is 11.8 Å². The van der Waals surface area contributed by atoms with Gasteiger partial charge in [0.25, 0.3) is 0 Å². The third-order valence-corrected chi connectivity index (χ3v) is 3.48. The van der Waals surface area contributed by atoms with Crippen molar-refractivity contribution in [3.8, 4) is 0 Å². The number of imide groups is 1. The van der Waals surface area contributed by atoms with Crippen molar-refractivity contribution in [1.82, 2.24) is 15.1 Å². The molecule has 0 atom stereocenters. The summed E-state index contributed by atoms with van der Waals surface area (Å²) in [5.41, 5.74) is -0.387. The molecule has 0 radical (unpaired) electrons. The fraction of sp³-hybridized carbons (Fsp3) is 0.833. The van der Waals surface area contributed by atoms with Crippen LogP contribution in [-0.4, -0.2) is 59.9 Å². The zero-order valence-electron chi connectivity index (χ0n) is 10.7. The number of rotatable bonds is 3. The normalized spacial score (nSPS) is 23.5. The average molecular weight is 239 g/mol. The molecule has 0 saturated carbocycles. The minimum absolute atomic E-state index is 0.0184. The molecule has 0 aromatic rings. The first-order valence-electron chi connectivity index (χ1n) is 6.30. The molecule has 2 rings (SSSR count). The number of nitrogens with one attached hydrogen (secondary N) is 1. The van der Waals surface area contributed by atoms with Crippen LogP contribution in [0, 0.1) is 0 Å². The summed E-state index contributed by atoms with van der Waals surface area (Å²) in [4.78, 5) is 27.3. The molecule has 0 unspecified atom stereocenters. The molecule has 2 aliphatic rings. The van der Waals surface area contributed by atoms with Crippen molar-refractivity contribution < 1.29 is 9.59 Å². The summed E-state index contributed by atoms with van der Waals surface area (Å²) in [6, 6.07) is 0. The van der Waals surface area contributed by atoms with E-state index in [-0.39, 0.29) is 17.4 Å². The predicted molar refractivity (Wildman–Crippen MR) is 64.5 cm³/mol.